The molecule has 1 aromatic rings. The first-order chi connectivity index (χ1) is 9.74. The van der Waals surface area contributed by atoms with Gasteiger partial charge >= 0.3 is 0 Å². The zero-order chi connectivity index (χ0) is 13.9. The maximum absolute atomic E-state index is 4.34. The SMILES string of the molecule is CC(C)n1cncc1CN(CC1CCCCN1)C1CC1. The second-order valence-corrected chi connectivity index (χ2v) is 6.69. The number of piperidine rings is 1. The zero-order valence-corrected chi connectivity index (χ0v) is 12.9. The maximum atomic E-state index is 4.34. The molecule has 1 saturated carbocycles. The molecule has 0 spiro atoms. The van der Waals surface area contributed by atoms with Crippen LogP contribution >= 0.6 is 0 Å². The molecule has 1 aromatic heterocycles. The van der Waals surface area contributed by atoms with E-state index in [0.717, 1.165) is 12.6 Å². The number of nitrogens with zero attached hydrogens (tertiary/aromatic N) is 3. The Morgan fingerprint density at radius 3 is 2.85 bits per heavy atom. The van der Waals surface area contributed by atoms with E-state index in [0.29, 0.717) is 12.1 Å². The van der Waals surface area contributed by atoms with E-state index in [-0.39, 0.29) is 0 Å². The zero-order valence-electron chi connectivity index (χ0n) is 12.9. The van der Waals surface area contributed by atoms with Crippen LogP contribution in [0.4, 0.5) is 0 Å². The highest BCUT2D eigenvalue weighted by atomic mass is 15.2. The van der Waals surface area contributed by atoms with Crippen molar-refractivity contribution >= 4 is 0 Å². The molecule has 112 valence electrons. The maximum Gasteiger partial charge on any atom is 0.0951 e. The molecule has 1 atom stereocenters. The summed E-state index contributed by atoms with van der Waals surface area (Å²) in [4.78, 5) is 7.02. The van der Waals surface area contributed by atoms with Gasteiger partial charge in [-0.05, 0) is 46.1 Å². The Balaban J connectivity index is 1.63. The minimum absolute atomic E-state index is 0.501. The minimum atomic E-state index is 0.501. The molecule has 1 aliphatic heterocycles. The molecule has 3 rings (SSSR count). The third-order valence-corrected chi connectivity index (χ3v) is 4.60. The Labute approximate surface area is 122 Å². The molecule has 2 heterocycles. The summed E-state index contributed by atoms with van der Waals surface area (Å²) in [5.41, 5.74) is 1.36. The van der Waals surface area contributed by atoms with E-state index in [1.165, 1.54) is 50.9 Å². The van der Waals surface area contributed by atoms with Crippen molar-refractivity contribution < 1.29 is 0 Å². The lowest BCUT2D eigenvalue weighted by Gasteiger charge is -2.31. The summed E-state index contributed by atoms with van der Waals surface area (Å²) in [5, 5.41) is 3.69. The van der Waals surface area contributed by atoms with Crippen molar-refractivity contribution in [1.29, 1.82) is 0 Å². The Bertz CT molecular complexity index is 416. The van der Waals surface area contributed by atoms with Gasteiger partial charge in [0.2, 0.25) is 0 Å². The normalized spacial score (nSPS) is 23.7. The molecular formula is C16H28N4. The molecular weight excluding hydrogens is 248 g/mol. The van der Waals surface area contributed by atoms with Gasteiger partial charge in [-0.1, -0.05) is 6.42 Å². The van der Waals surface area contributed by atoms with Gasteiger partial charge in [-0.15, -0.1) is 0 Å². The molecule has 4 nitrogen and oxygen atoms in total. The number of nitrogens with one attached hydrogen (secondary N) is 1. The van der Waals surface area contributed by atoms with Gasteiger partial charge in [-0.2, -0.15) is 0 Å². The molecule has 0 bridgehead atoms. The van der Waals surface area contributed by atoms with Crippen LogP contribution in [0.15, 0.2) is 12.5 Å². The van der Waals surface area contributed by atoms with Gasteiger partial charge in [0, 0.05) is 37.4 Å². The highest BCUT2D eigenvalue weighted by Crippen LogP contribution is 2.29. The van der Waals surface area contributed by atoms with Crippen LogP contribution in [0.3, 0.4) is 0 Å². The molecule has 2 fully saturated rings. The molecule has 1 saturated heterocycles. The quantitative estimate of drug-likeness (QED) is 0.867. The highest BCUT2D eigenvalue weighted by Gasteiger charge is 2.31. The van der Waals surface area contributed by atoms with Gasteiger partial charge in [0.1, 0.15) is 0 Å². The highest BCUT2D eigenvalue weighted by molar-refractivity contribution is 5.02. The van der Waals surface area contributed by atoms with E-state index in [9.17, 15) is 0 Å². The van der Waals surface area contributed by atoms with Gasteiger partial charge in [-0.25, -0.2) is 4.98 Å². The van der Waals surface area contributed by atoms with Crippen LogP contribution in [0.5, 0.6) is 0 Å². The molecule has 0 amide bonds. The number of hydrogen-bond donors (Lipinski definition) is 1. The molecule has 20 heavy (non-hydrogen) atoms. The van der Waals surface area contributed by atoms with Gasteiger partial charge < -0.3 is 9.88 Å². The summed E-state index contributed by atoms with van der Waals surface area (Å²) in [6.45, 7) is 7.92. The first-order valence-electron chi connectivity index (χ1n) is 8.22. The molecule has 1 aliphatic carbocycles. The van der Waals surface area contributed by atoms with Crippen LogP contribution in [0.2, 0.25) is 0 Å². The Morgan fingerprint density at radius 2 is 2.20 bits per heavy atom. The molecule has 4 heteroatoms. The fourth-order valence-electron chi connectivity index (χ4n) is 3.27. The van der Waals surface area contributed by atoms with Crippen molar-refractivity contribution in [2.45, 2.75) is 70.6 Å². The van der Waals surface area contributed by atoms with Crippen LogP contribution < -0.4 is 5.32 Å². The fraction of sp³-hybridized carbons (Fsp3) is 0.812. The Kier molecular flexibility index (Phi) is 4.41. The van der Waals surface area contributed by atoms with Crippen molar-refractivity contribution in [2.24, 2.45) is 0 Å². The minimum Gasteiger partial charge on any atom is -0.331 e. The van der Waals surface area contributed by atoms with Gasteiger partial charge in [0.15, 0.2) is 0 Å². The van der Waals surface area contributed by atoms with E-state index in [2.05, 4.69) is 33.6 Å². The third-order valence-electron chi connectivity index (χ3n) is 4.60. The van der Waals surface area contributed by atoms with Crippen LogP contribution in [0, 0.1) is 0 Å². The summed E-state index contributed by atoms with van der Waals surface area (Å²) in [5.74, 6) is 0. The van der Waals surface area contributed by atoms with Crippen molar-refractivity contribution in [3.63, 3.8) is 0 Å². The van der Waals surface area contributed by atoms with E-state index in [4.69, 9.17) is 0 Å². The van der Waals surface area contributed by atoms with E-state index in [1.54, 1.807) is 0 Å². The molecule has 1 N–H and O–H groups in total. The molecule has 0 aromatic carbocycles. The predicted octanol–water partition coefficient (Wildman–Crippen LogP) is 2.57. The van der Waals surface area contributed by atoms with Crippen molar-refractivity contribution in [3.8, 4) is 0 Å². The average molecular weight is 276 g/mol. The smallest absolute Gasteiger partial charge is 0.0951 e. The van der Waals surface area contributed by atoms with Crippen molar-refractivity contribution in [3.05, 3.63) is 18.2 Å². The number of aromatic nitrogens is 2. The van der Waals surface area contributed by atoms with E-state index in [1.807, 2.05) is 12.5 Å². The van der Waals surface area contributed by atoms with Crippen LogP contribution in [-0.4, -0.2) is 39.6 Å². The topological polar surface area (TPSA) is 33.1 Å². The molecule has 1 unspecified atom stereocenters. The number of hydrogen-bond acceptors (Lipinski definition) is 3. The van der Waals surface area contributed by atoms with Crippen LogP contribution in [-0.2, 0) is 6.54 Å². The predicted molar refractivity (Wildman–Crippen MR) is 81.7 cm³/mol. The average Bonchev–Trinajstić information content (AvgIpc) is 3.19. The number of imidazole rings is 1. The van der Waals surface area contributed by atoms with Gasteiger partial charge in [0.05, 0.1) is 12.0 Å². The first kappa shape index (κ1) is 14.1. The van der Waals surface area contributed by atoms with Crippen molar-refractivity contribution in [2.75, 3.05) is 13.1 Å². The third kappa shape index (κ3) is 3.41. The van der Waals surface area contributed by atoms with Crippen molar-refractivity contribution in [1.82, 2.24) is 19.8 Å². The van der Waals surface area contributed by atoms with Crippen LogP contribution in [0.25, 0.3) is 0 Å². The van der Waals surface area contributed by atoms with Gasteiger partial charge in [0.25, 0.3) is 0 Å². The van der Waals surface area contributed by atoms with E-state index < -0.39 is 0 Å². The fourth-order valence-corrected chi connectivity index (χ4v) is 3.27. The van der Waals surface area contributed by atoms with E-state index >= 15 is 0 Å². The summed E-state index contributed by atoms with van der Waals surface area (Å²) >= 11 is 0. The Hall–Kier alpha value is -0.870. The summed E-state index contributed by atoms with van der Waals surface area (Å²) in [6, 6.07) is 2.01. The lowest BCUT2D eigenvalue weighted by molar-refractivity contribution is 0.203. The Morgan fingerprint density at radius 1 is 1.35 bits per heavy atom. The second kappa shape index (κ2) is 6.27. The lowest BCUT2D eigenvalue weighted by atomic mass is 10.0. The lowest BCUT2D eigenvalue weighted by Crippen LogP contribution is -2.44. The summed E-state index contributed by atoms with van der Waals surface area (Å²) < 4.78 is 2.31. The second-order valence-electron chi connectivity index (χ2n) is 6.69. The molecule has 0 radical (unpaired) electrons. The number of rotatable bonds is 6. The largest absolute Gasteiger partial charge is 0.331 e. The summed E-state index contributed by atoms with van der Waals surface area (Å²) in [7, 11) is 0. The van der Waals surface area contributed by atoms with Crippen LogP contribution in [0.1, 0.15) is 57.7 Å². The van der Waals surface area contributed by atoms with Gasteiger partial charge in [-0.3, -0.25) is 4.90 Å². The monoisotopic (exact) mass is 276 g/mol. The standard InChI is InChI=1S/C16H28N4/c1-13(2)20-12-17-9-16(20)11-19(15-6-7-15)10-14-5-3-4-8-18-14/h9,12-15,18H,3-8,10-11H2,1-2H3. The molecule has 2 aliphatic rings. The first-order valence-corrected chi connectivity index (χ1v) is 8.22. The summed E-state index contributed by atoms with van der Waals surface area (Å²) in [6.07, 6.45) is 10.9.